The molecule has 4 nitrogen and oxygen atoms in total. The van der Waals surface area contributed by atoms with E-state index < -0.39 is 0 Å². The molecule has 0 N–H and O–H groups in total. The van der Waals surface area contributed by atoms with Gasteiger partial charge in [0.25, 0.3) is 0 Å². The van der Waals surface area contributed by atoms with Crippen molar-refractivity contribution < 1.29 is 9.59 Å². The van der Waals surface area contributed by atoms with Crippen molar-refractivity contribution in [3.8, 4) is 0 Å². The van der Waals surface area contributed by atoms with Gasteiger partial charge >= 0.3 is 0 Å². The third-order valence-corrected chi connectivity index (χ3v) is 6.75. The number of carbonyl (C=O) groups is 2. The monoisotopic (exact) mass is 420 g/mol. The molecule has 3 rings (SSSR count). The average Bonchev–Trinajstić information content (AvgIpc) is 2.63. The lowest BCUT2D eigenvalue weighted by molar-refractivity contribution is -0.145. The summed E-state index contributed by atoms with van der Waals surface area (Å²) in [5, 5.41) is 0. The van der Waals surface area contributed by atoms with Crippen molar-refractivity contribution in [2.45, 2.75) is 51.4 Å². The minimum atomic E-state index is -0.337. The van der Waals surface area contributed by atoms with Gasteiger partial charge < -0.3 is 9.80 Å². The van der Waals surface area contributed by atoms with Crippen molar-refractivity contribution in [1.82, 2.24) is 9.80 Å². The summed E-state index contributed by atoms with van der Waals surface area (Å²) < 4.78 is 1.04. The van der Waals surface area contributed by atoms with E-state index in [-0.39, 0.29) is 23.1 Å². The number of benzene rings is 1. The first-order chi connectivity index (χ1) is 12.5. The molecular formula is C21H29BrN2O2. The molecule has 1 saturated carbocycles. The quantitative estimate of drug-likeness (QED) is 0.722. The Bertz CT molecular complexity index is 642. The Kier molecular flexibility index (Phi) is 6.06. The highest BCUT2D eigenvalue weighted by atomic mass is 79.9. The topological polar surface area (TPSA) is 40.6 Å². The lowest BCUT2D eigenvalue weighted by atomic mass is 9.63. The van der Waals surface area contributed by atoms with E-state index in [1.807, 2.05) is 35.8 Å². The molecule has 142 valence electrons. The van der Waals surface area contributed by atoms with Gasteiger partial charge in [0.2, 0.25) is 11.8 Å². The molecule has 0 unspecified atom stereocenters. The van der Waals surface area contributed by atoms with Crippen LogP contribution in [0.5, 0.6) is 0 Å². The number of piperidine rings is 1. The van der Waals surface area contributed by atoms with Gasteiger partial charge in [0.05, 0.1) is 5.41 Å². The predicted molar refractivity (Wildman–Crippen MR) is 107 cm³/mol. The van der Waals surface area contributed by atoms with Crippen LogP contribution in [0.1, 0.15) is 51.5 Å². The molecule has 2 fully saturated rings. The zero-order valence-electron chi connectivity index (χ0n) is 15.8. The first-order valence-electron chi connectivity index (χ1n) is 9.86. The summed E-state index contributed by atoms with van der Waals surface area (Å²) in [6, 6.07) is 8.21. The fourth-order valence-corrected chi connectivity index (χ4v) is 4.62. The number of carbonyl (C=O) groups excluding carboxylic acids is 2. The Balaban J connectivity index is 1.66. The second-order valence-corrected chi connectivity index (χ2v) is 8.44. The van der Waals surface area contributed by atoms with Crippen LogP contribution in [-0.2, 0) is 15.0 Å². The molecule has 2 amide bonds. The van der Waals surface area contributed by atoms with Crippen LogP contribution < -0.4 is 0 Å². The molecule has 0 atom stereocenters. The van der Waals surface area contributed by atoms with Gasteiger partial charge in [-0.2, -0.15) is 0 Å². The lowest BCUT2D eigenvalue weighted by Gasteiger charge is -2.45. The van der Waals surface area contributed by atoms with Crippen molar-refractivity contribution in [1.29, 1.82) is 0 Å². The van der Waals surface area contributed by atoms with Crippen LogP contribution in [0, 0.1) is 5.92 Å². The molecule has 1 aromatic carbocycles. The van der Waals surface area contributed by atoms with E-state index in [0.29, 0.717) is 13.1 Å². The van der Waals surface area contributed by atoms with E-state index in [9.17, 15) is 9.59 Å². The minimum absolute atomic E-state index is 0.0731. The van der Waals surface area contributed by atoms with Crippen molar-refractivity contribution in [2.24, 2.45) is 5.92 Å². The minimum Gasteiger partial charge on any atom is -0.343 e. The number of hydrogen-bond donors (Lipinski definition) is 0. The van der Waals surface area contributed by atoms with Crippen LogP contribution in [0.25, 0.3) is 0 Å². The third-order valence-electron chi connectivity index (χ3n) is 6.22. The van der Waals surface area contributed by atoms with Crippen LogP contribution in [0.3, 0.4) is 0 Å². The molecule has 2 aliphatic rings. The van der Waals surface area contributed by atoms with E-state index in [1.165, 1.54) is 0 Å². The second-order valence-electron chi connectivity index (χ2n) is 7.52. The maximum absolute atomic E-state index is 13.3. The first-order valence-corrected chi connectivity index (χ1v) is 10.7. The molecule has 1 aromatic rings. The van der Waals surface area contributed by atoms with Crippen molar-refractivity contribution in [2.75, 3.05) is 26.2 Å². The Morgan fingerprint density at radius 1 is 1.12 bits per heavy atom. The van der Waals surface area contributed by atoms with Crippen LogP contribution in [0.4, 0.5) is 0 Å². The van der Waals surface area contributed by atoms with Crippen LogP contribution in [0.2, 0.25) is 0 Å². The standard InChI is InChI=1S/C21H29BrN2O2/c1-3-23(4-2)19(25)16-10-14-24(15-11-16)20(26)21(12-5-13-21)17-6-8-18(22)9-7-17/h6-9,16H,3-5,10-15H2,1-2H3. The molecule has 0 aromatic heterocycles. The van der Waals surface area contributed by atoms with Gasteiger partial charge in [-0.15, -0.1) is 0 Å². The Morgan fingerprint density at radius 2 is 1.69 bits per heavy atom. The molecule has 0 bridgehead atoms. The fourth-order valence-electron chi connectivity index (χ4n) is 4.35. The summed E-state index contributed by atoms with van der Waals surface area (Å²) in [5.41, 5.74) is 0.800. The van der Waals surface area contributed by atoms with Gasteiger partial charge in [-0.25, -0.2) is 0 Å². The summed E-state index contributed by atoms with van der Waals surface area (Å²) in [7, 11) is 0. The Labute approximate surface area is 165 Å². The lowest BCUT2D eigenvalue weighted by Crippen LogP contribution is -2.54. The van der Waals surface area contributed by atoms with Gasteiger partial charge in [0, 0.05) is 36.6 Å². The maximum Gasteiger partial charge on any atom is 0.233 e. The highest BCUT2D eigenvalue weighted by Gasteiger charge is 2.48. The molecule has 1 aliphatic carbocycles. The van der Waals surface area contributed by atoms with Crippen molar-refractivity contribution >= 4 is 27.7 Å². The smallest absolute Gasteiger partial charge is 0.233 e. The van der Waals surface area contributed by atoms with Crippen LogP contribution >= 0.6 is 15.9 Å². The zero-order valence-corrected chi connectivity index (χ0v) is 17.4. The third kappa shape index (κ3) is 3.55. The zero-order chi connectivity index (χ0) is 18.7. The molecular weight excluding hydrogens is 392 g/mol. The average molecular weight is 421 g/mol. The molecule has 1 heterocycles. The van der Waals surface area contributed by atoms with Gasteiger partial charge in [0.15, 0.2) is 0 Å². The number of nitrogens with zero attached hydrogens (tertiary/aromatic N) is 2. The number of amides is 2. The largest absolute Gasteiger partial charge is 0.343 e. The molecule has 0 radical (unpaired) electrons. The number of hydrogen-bond acceptors (Lipinski definition) is 2. The summed E-state index contributed by atoms with van der Waals surface area (Å²) >= 11 is 3.48. The van der Waals surface area contributed by atoms with E-state index in [1.54, 1.807) is 0 Å². The van der Waals surface area contributed by atoms with Crippen molar-refractivity contribution in [3.63, 3.8) is 0 Å². The van der Waals surface area contributed by atoms with Gasteiger partial charge in [-0.1, -0.05) is 34.5 Å². The SMILES string of the molecule is CCN(CC)C(=O)C1CCN(C(=O)C2(c3ccc(Br)cc3)CCC2)CC1. The van der Waals surface area contributed by atoms with Gasteiger partial charge in [0.1, 0.15) is 0 Å². The highest BCUT2D eigenvalue weighted by molar-refractivity contribution is 9.10. The predicted octanol–water partition coefficient (Wildman–Crippen LogP) is 3.98. The van der Waals surface area contributed by atoms with Gasteiger partial charge in [-0.3, -0.25) is 9.59 Å². The molecule has 1 saturated heterocycles. The number of halogens is 1. The summed E-state index contributed by atoms with van der Waals surface area (Å²) in [6.45, 7) is 6.99. The van der Waals surface area contributed by atoms with E-state index >= 15 is 0 Å². The first kappa shape index (κ1) is 19.4. The Hall–Kier alpha value is -1.36. The molecule has 26 heavy (non-hydrogen) atoms. The summed E-state index contributed by atoms with van der Waals surface area (Å²) in [5.74, 6) is 0.595. The molecule has 1 aliphatic heterocycles. The Morgan fingerprint density at radius 3 is 2.15 bits per heavy atom. The van der Waals surface area contributed by atoms with Gasteiger partial charge in [-0.05, 0) is 57.2 Å². The van der Waals surface area contributed by atoms with Crippen LogP contribution in [0.15, 0.2) is 28.7 Å². The van der Waals surface area contributed by atoms with Crippen molar-refractivity contribution in [3.05, 3.63) is 34.3 Å². The summed E-state index contributed by atoms with van der Waals surface area (Å²) in [6.07, 6.45) is 4.56. The fraction of sp³-hybridized carbons (Fsp3) is 0.619. The van der Waals surface area contributed by atoms with Crippen LogP contribution in [-0.4, -0.2) is 47.8 Å². The number of likely N-dealkylation sites (tertiary alicyclic amines) is 1. The highest BCUT2D eigenvalue weighted by Crippen LogP contribution is 2.46. The molecule has 5 heteroatoms. The molecule has 0 spiro atoms. The summed E-state index contributed by atoms with van der Waals surface area (Å²) in [4.78, 5) is 29.8. The van der Waals surface area contributed by atoms with E-state index in [2.05, 4.69) is 28.1 Å². The second kappa shape index (κ2) is 8.12. The number of rotatable bonds is 5. The van der Waals surface area contributed by atoms with E-state index in [0.717, 1.165) is 55.2 Å². The van der Waals surface area contributed by atoms with E-state index in [4.69, 9.17) is 0 Å². The normalized spacial score (nSPS) is 19.7. The maximum atomic E-state index is 13.3.